The van der Waals surface area contributed by atoms with E-state index < -0.39 is 12.0 Å². The van der Waals surface area contributed by atoms with E-state index in [4.69, 9.17) is 10.8 Å². The number of aliphatic carboxylic acids is 1. The first-order valence-electron chi connectivity index (χ1n) is 6.77. The van der Waals surface area contributed by atoms with Gasteiger partial charge in [-0.1, -0.05) is 19.3 Å². The van der Waals surface area contributed by atoms with E-state index in [1.54, 1.807) is 0 Å². The van der Waals surface area contributed by atoms with E-state index in [0.717, 1.165) is 11.4 Å². The molecule has 19 heavy (non-hydrogen) atoms. The Balaban J connectivity index is 1.78. The number of aromatic nitrogens is 2. The first-order chi connectivity index (χ1) is 9.16. The second-order valence-corrected chi connectivity index (χ2v) is 6.07. The molecule has 1 aromatic heterocycles. The van der Waals surface area contributed by atoms with Crippen LogP contribution < -0.4 is 5.73 Å². The van der Waals surface area contributed by atoms with Crippen molar-refractivity contribution in [2.45, 2.75) is 49.9 Å². The number of carboxylic acid groups (broad SMARTS) is 1. The van der Waals surface area contributed by atoms with Crippen LogP contribution in [0.1, 0.15) is 43.8 Å². The van der Waals surface area contributed by atoms with E-state index in [9.17, 15) is 4.79 Å². The highest BCUT2D eigenvalue weighted by Crippen LogP contribution is 2.27. The van der Waals surface area contributed by atoms with Crippen LogP contribution >= 0.6 is 11.8 Å². The smallest absolute Gasteiger partial charge is 0.321 e. The van der Waals surface area contributed by atoms with Gasteiger partial charge in [0.05, 0.1) is 11.7 Å². The molecule has 6 heteroatoms. The molecule has 0 bridgehead atoms. The molecule has 1 saturated carbocycles. The fourth-order valence-electron chi connectivity index (χ4n) is 2.37. The lowest BCUT2D eigenvalue weighted by Gasteiger charge is -2.21. The average Bonchev–Trinajstić information content (AvgIpc) is 2.88. The van der Waals surface area contributed by atoms with Crippen LogP contribution in [0.3, 0.4) is 0 Å². The predicted molar refractivity (Wildman–Crippen MR) is 76.1 cm³/mol. The van der Waals surface area contributed by atoms with Gasteiger partial charge in [0, 0.05) is 17.7 Å². The average molecular weight is 283 g/mol. The lowest BCUT2D eigenvalue weighted by Crippen LogP contribution is -2.32. The maximum atomic E-state index is 10.6. The van der Waals surface area contributed by atoms with Crippen molar-refractivity contribution in [2.24, 2.45) is 5.73 Å². The van der Waals surface area contributed by atoms with Crippen molar-refractivity contribution in [3.63, 3.8) is 0 Å². The Hall–Kier alpha value is -1.01. The third kappa shape index (κ3) is 4.24. The van der Waals surface area contributed by atoms with Crippen LogP contribution in [0.2, 0.25) is 0 Å². The molecule has 106 valence electrons. The SMILES string of the molecule is N[C@H](CSCc1ccn(C2CCCCC2)n1)C(=O)O. The predicted octanol–water partition coefficient (Wildman–Crippen LogP) is 2.03. The second-order valence-electron chi connectivity index (χ2n) is 5.04. The summed E-state index contributed by atoms with van der Waals surface area (Å²) in [4.78, 5) is 10.6. The molecule has 0 amide bonds. The van der Waals surface area contributed by atoms with Gasteiger partial charge in [-0.25, -0.2) is 0 Å². The third-order valence-electron chi connectivity index (χ3n) is 3.48. The van der Waals surface area contributed by atoms with Gasteiger partial charge < -0.3 is 10.8 Å². The first-order valence-corrected chi connectivity index (χ1v) is 7.92. The summed E-state index contributed by atoms with van der Waals surface area (Å²) >= 11 is 1.52. The Morgan fingerprint density at radius 3 is 2.95 bits per heavy atom. The van der Waals surface area contributed by atoms with Crippen LogP contribution in [0.25, 0.3) is 0 Å². The van der Waals surface area contributed by atoms with Gasteiger partial charge in [0.1, 0.15) is 6.04 Å². The van der Waals surface area contributed by atoms with Crippen molar-refractivity contribution >= 4 is 17.7 Å². The number of carboxylic acids is 1. The Bertz CT molecular complexity index is 416. The van der Waals surface area contributed by atoms with E-state index in [1.807, 2.05) is 12.3 Å². The van der Waals surface area contributed by atoms with Crippen LogP contribution in [0, 0.1) is 0 Å². The molecular formula is C13H21N3O2S. The first kappa shape index (κ1) is 14.4. The zero-order chi connectivity index (χ0) is 13.7. The molecule has 0 aromatic carbocycles. The summed E-state index contributed by atoms with van der Waals surface area (Å²) < 4.78 is 2.08. The number of carbonyl (C=O) groups is 1. The number of nitrogens with two attached hydrogens (primary N) is 1. The Morgan fingerprint density at radius 1 is 1.53 bits per heavy atom. The zero-order valence-corrected chi connectivity index (χ0v) is 11.8. The number of rotatable bonds is 6. The van der Waals surface area contributed by atoms with Crippen LogP contribution in [0.4, 0.5) is 0 Å². The van der Waals surface area contributed by atoms with E-state index >= 15 is 0 Å². The number of hydrogen-bond donors (Lipinski definition) is 2. The highest BCUT2D eigenvalue weighted by Gasteiger charge is 2.16. The molecule has 1 heterocycles. The van der Waals surface area contributed by atoms with Crippen molar-refractivity contribution in [1.82, 2.24) is 9.78 Å². The van der Waals surface area contributed by atoms with E-state index in [-0.39, 0.29) is 0 Å². The van der Waals surface area contributed by atoms with Crippen molar-refractivity contribution in [1.29, 1.82) is 0 Å². The van der Waals surface area contributed by atoms with Gasteiger partial charge in [-0.2, -0.15) is 16.9 Å². The molecule has 1 atom stereocenters. The quantitative estimate of drug-likeness (QED) is 0.835. The maximum Gasteiger partial charge on any atom is 0.321 e. The molecule has 0 spiro atoms. The zero-order valence-electron chi connectivity index (χ0n) is 11.0. The van der Waals surface area contributed by atoms with Gasteiger partial charge in [-0.15, -0.1) is 0 Å². The van der Waals surface area contributed by atoms with Crippen molar-refractivity contribution in [3.8, 4) is 0 Å². The van der Waals surface area contributed by atoms with Crippen molar-refractivity contribution in [2.75, 3.05) is 5.75 Å². The summed E-state index contributed by atoms with van der Waals surface area (Å²) in [5.41, 5.74) is 6.46. The van der Waals surface area contributed by atoms with Crippen molar-refractivity contribution in [3.05, 3.63) is 18.0 Å². The molecule has 0 saturated heterocycles. The minimum Gasteiger partial charge on any atom is -0.480 e. The summed E-state index contributed by atoms with van der Waals surface area (Å²) in [5.74, 6) is 0.201. The monoisotopic (exact) mass is 283 g/mol. The summed E-state index contributed by atoms with van der Waals surface area (Å²) in [6, 6.07) is 1.78. The van der Waals surface area contributed by atoms with Gasteiger partial charge in [0.25, 0.3) is 0 Å². The van der Waals surface area contributed by atoms with Gasteiger partial charge in [-0.05, 0) is 18.9 Å². The van der Waals surface area contributed by atoms with E-state index in [1.165, 1.54) is 43.9 Å². The highest BCUT2D eigenvalue weighted by molar-refractivity contribution is 7.98. The molecule has 1 aliphatic rings. The normalized spacial score (nSPS) is 18.4. The van der Waals surface area contributed by atoms with Crippen LogP contribution in [0.5, 0.6) is 0 Å². The molecule has 1 aliphatic carbocycles. The van der Waals surface area contributed by atoms with Crippen molar-refractivity contribution < 1.29 is 9.90 Å². The minimum atomic E-state index is -0.944. The van der Waals surface area contributed by atoms with Gasteiger partial charge >= 0.3 is 5.97 Å². The summed E-state index contributed by atoms with van der Waals surface area (Å²) in [6.45, 7) is 0. The molecule has 5 nitrogen and oxygen atoms in total. The number of nitrogens with zero attached hydrogens (tertiary/aromatic N) is 2. The lowest BCUT2D eigenvalue weighted by atomic mass is 9.96. The molecule has 1 aromatic rings. The van der Waals surface area contributed by atoms with Crippen LogP contribution in [-0.2, 0) is 10.5 Å². The minimum absolute atomic E-state index is 0.422. The largest absolute Gasteiger partial charge is 0.480 e. The Labute approximate surface area is 117 Å². The second kappa shape index (κ2) is 6.96. The number of thioether (sulfide) groups is 1. The summed E-state index contributed by atoms with van der Waals surface area (Å²) in [6.07, 6.45) is 8.41. The highest BCUT2D eigenvalue weighted by atomic mass is 32.2. The maximum absolute atomic E-state index is 10.6. The molecule has 0 radical (unpaired) electrons. The van der Waals surface area contributed by atoms with E-state index in [0.29, 0.717) is 11.8 Å². The Morgan fingerprint density at radius 2 is 2.26 bits per heavy atom. The lowest BCUT2D eigenvalue weighted by molar-refractivity contribution is -0.137. The fourth-order valence-corrected chi connectivity index (χ4v) is 3.24. The molecule has 0 aliphatic heterocycles. The molecule has 3 N–H and O–H groups in total. The topological polar surface area (TPSA) is 81.1 Å². The van der Waals surface area contributed by atoms with Gasteiger partial charge in [0.15, 0.2) is 0 Å². The molecule has 1 fully saturated rings. The van der Waals surface area contributed by atoms with Gasteiger partial charge in [-0.3, -0.25) is 9.48 Å². The van der Waals surface area contributed by atoms with Crippen LogP contribution in [-0.4, -0.2) is 32.7 Å². The third-order valence-corrected chi connectivity index (χ3v) is 4.57. The standard InChI is InChI=1S/C13H21N3O2S/c14-12(13(17)18)9-19-8-10-6-7-16(15-10)11-4-2-1-3-5-11/h6-7,11-12H,1-5,8-9,14H2,(H,17,18)/t12-/m1/s1. The number of hydrogen-bond acceptors (Lipinski definition) is 4. The fraction of sp³-hybridized carbons (Fsp3) is 0.692. The summed E-state index contributed by atoms with van der Waals surface area (Å²) in [5, 5.41) is 13.3. The Kier molecular flexibility index (Phi) is 5.27. The molecule has 0 unspecified atom stereocenters. The summed E-state index contributed by atoms with van der Waals surface area (Å²) in [7, 11) is 0. The molecule has 2 rings (SSSR count). The van der Waals surface area contributed by atoms with E-state index in [2.05, 4.69) is 9.78 Å². The van der Waals surface area contributed by atoms with Gasteiger partial charge in [0.2, 0.25) is 0 Å². The van der Waals surface area contributed by atoms with Crippen LogP contribution in [0.15, 0.2) is 12.3 Å². The molecular weight excluding hydrogens is 262 g/mol.